The number of benzene rings is 1. The van der Waals surface area contributed by atoms with Crippen LogP contribution in [-0.2, 0) is 17.6 Å². The van der Waals surface area contributed by atoms with E-state index in [4.69, 9.17) is 0 Å². The van der Waals surface area contributed by atoms with Gasteiger partial charge in [-0.1, -0.05) is 12.8 Å². The molecular weight excluding hydrogens is 413 g/mol. The number of aromatic nitrogens is 2. The number of fused-ring (bicyclic) bond motifs is 1. The molecule has 1 saturated heterocycles. The molecule has 3 aliphatic rings. The summed E-state index contributed by atoms with van der Waals surface area (Å²) in [5.74, 6) is -0.727. The molecule has 1 aliphatic heterocycles. The summed E-state index contributed by atoms with van der Waals surface area (Å²) in [4.78, 5) is 39.0. The van der Waals surface area contributed by atoms with Gasteiger partial charge in [-0.3, -0.25) is 14.5 Å². The molecule has 2 heterocycles. The number of urea groups is 1. The van der Waals surface area contributed by atoms with Gasteiger partial charge in [0.15, 0.2) is 5.69 Å². The van der Waals surface area contributed by atoms with Crippen molar-refractivity contribution in [3.8, 4) is 5.69 Å². The first-order valence-electron chi connectivity index (χ1n) is 11.3. The number of hydrogen-bond donors (Lipinski definition) is 2. The van der Waals surface area contributed by atoms with E-state index in [1.165, 1.54) is 17.0 Å². The fraction of sp³-hybridized carbons (Fsp3) is 0.478. The standard InChI is InChI=1S/C23H26FN5O3/c24-15-7-9-16(10-8-15)29-18-6-3-5-17(18)19(27-29)20(30)25-13-4-14-28-21(31)23(26-22(28)32)11-1-2-12-23/h7-10H,1-6,11-14H2,(H,25,30)(H,26,32). The number of carbonyl (C=O) groups excluding carboxylic acids is 3. The van der Waals surface area contributed by atoms with Crippen LogP contribution in [0.25, 0.3) is 5.69 Å². The normalized spacial score (nSPS) is 19.0. The second-order valence-corrected chi connectivity index (χ2v) is 8.80. The van der Waals surface area contributed by atoms with Gasteiger partial charge in [-0.15, -0.1) is 0 Å². The Bertz CT molecular complexity index is 1070. The van der Waals surface area contributed by atoms with Gasteiger partial charge >= 0.3 is 6.03 Å². The molecule has 1 saturated carbocycles. The number of hydrogen-bond acceptors (Lipinski definition) is 4. The van der Waals surface area contributed by atoms with E-state index in [2.05, 4.69) is 15.7 Å². The molecule has 0 bridgehead atoms. The lowest BCUT2D eigenvalue weighted by atomic mass is 9.98. The molecule has 2 aliphatic carbocycles. The van der Waals surface area contributed by atoms with Crippen LogP contribution in [0.3, 0.4) is 0 Å². The van der Waals surface area contributed by atoms with Crippen molar-refractivity contribution in [2.24, 2.45) is 0 Å². The van der Waals surface area contributed by atoms with E-state index in [0.717, 1.165) is 49.0 Å². The van der Waals surface area contributed by atoms with E-state index in [-0.39, 0.29) is 30.2 Å². The van der Waals surface area contributed by atoms with E-state index in [0.29, 0.717) is 31.5 Å². The van der Waals surface area contributed by atoms with Crippen molar-refractivity contribution < 1.29 is 18.8 Å². The highest BCUT2D eigenvalue weighted by Gasteiger charge is 2.52. The third-order valence-corrected chi connectivity index (χ3v) is 6.76. The quantitative estimate of drug-likeness (QED) is 0.534. The van der Waals surface area contributed by atoms with Crippen LogP contribution in [0.1, 0.15) is 60.3 Å². The van der Waals surface area contributed by atoms with E-state index < -0.39 is 5.54 Å². The third-order valence-electron chi connectivity index (χ3n) is 6.76. The molecule has 1 aromatic carbocycles. The monoisotopic (exact) mass is 439 g/mol. The maximum Gasteiger partial charge on any atom is 0.325 e. The third kappa shape index (κ3) is 3.45. The van der Waals surface area contributed by atoms with Crippen molar-refractivity contribution in [3.05, 3.63) is 47.0 Å². The first-order valence-corrected chi connectivity index (χ1v) is 11.3. The largest absolute Gasteiger partial charge is 0.351 e. The zero-order chi connectivity index (χ0) is 22.3. The van der Waals surface area contributed by atoms with Gasteiger partial charge in [-0.25, -0.2) is 13.9 Å². The van der Waals surface area contributed by atoms with Crippen molar-refractivity contribution in [1.29, 1.82) is 0 Å². The SMILES string of the molecule is O=C(NCCCN1C(=O)NC2(CCCC2)C1=O)c1nn(-c2ccc(F)cc2)c2c1CCC2. The number of nitrogens with one attached hydrogen (secondary N) is 2. The molecule has 9 heteroatoms. The number of amides is 4. The topological polar surface area (TPSA) is 96.3 Å². The predicted molar refractivity (Wildman–Crippen MR) is 114 cm³/mol. The summed E-state index contributed by atoms with van der Waals surface area (Å²) in [5.41, 5.74) is 2.34. The number of carbonyl (C=O) groups is 3. The fourth-order valence-corrected chi connectivity index (χ4v) is 5.14. The van der Waals surface area contributed by atoms with Gasteiger partial charge in [0.05, 0.1) is 5.69 Å². The van der Waals surface area contributed by atoms with Crippen LogP contribution in [0.5, 0.6) is 0 Å². The Morgan fingerprint density at radius 1 is 1.12 bits per heavy atom. The minimum Gasteiger partial charge on any atom is -0.351 e. The second-order valence-electron chi connectivity index (χ2n) is 8.80. The summed E-state index contributed by atoms with van der Waals surface area (Å²) in [6.45, 7) is 0.607. The van der Waals surface area contributed by atoms with Crippen LogP contribution < -0.4 is 10.6 Å². The molecule has 5 rings (SSSR count). The molecular formula is C23H26FN5O3. The van der Waals surface area contributed by atoms with Crippen molar-refractivity contribution in [1.82, 2.24) is 25.3 Å². The highest BCUT2D eigenvalue weighted by atomic mass is 19.1. The van der Waals surface area contributed by atoms with Gasteiger partial charge < -0.3 is 10.6 Å². The van der Waals surface area contributed by atoms with Crippen molar-refractivity contribution in [2.75, 3.05) is 13.1 Å². The predicted octanol–water partition coefficient (Wildman–Crippen LogP) is 2.48. The molecule has 8 nitrogen and oxygen atoms in total. The van der Waals surface area contributed by atoms with Crippen LogP contribution in [0.15, 0.2) is 24.3 Å². The first-order chi connectivity index (χ1) is 15.5. The van der Waals surface area contributed by atoms with E-state index >= 15 is 0 Å². The lowest BCUT2D eigenvalue weighted by molar-refractivity contribution is -0.131. The smallest absolute Gasteiger partial charge is 0.325 e. The minimum absolute atomic E-state index is 0.137. The summed E-state index contributed by atoms with van der Waals surface area (Å²) < 4.78 is 15.0. The molecule has 2 fully saturated rings. The maximum absolute atomic E-state index is 13.3. The van der Waals surface area contributed by atoms with Gasteiger partial charge in [-0.05, 0) is 62.8 Å². The molecule has 1 spiro atoms. The fourth-order valence-electron chi connectivity index (χ4n) is 5.14. The summed E-state index contributed by atoms with van der Waals surface area (Å²) in [5, 5.41) is 10.3. The lowest BCUT2D eigenvalue weighted by Gasteiger charge is -2.20. The number of imide groups is 1. The summed E-state index contributed by atoms with van der Waals surface area (Å²) >= 11 is 0. The van der Waals surface area contributed by atoms with Crippen LogP contribution in [0, 0.1) is 5.82 Å². The Labute approximate surface area is 185 Å². The molecule has 2 N–H and O–H groups in total. The zero-order valence-corrected chi connectivity index (χ0v) is 17.8. The van der Waals surface area contributed by atoms with Crippen LogP contribution in [0.4, 0.5) is 9.18 Å². The molecule has 4 amide bonds. The highest BCUT2D eigenvalue weighted by molar-refractivity contribution is 6.07. The van der Waals surface area contributed by atoms with Gasteiger partial charge in [0.1, 0.15) is 11.4 Å². The van der Waals surface area contributed by atoms with Crippen LogP contribution in [-0.4, -0.2) is 51.2 Å². The Balaban J connectivity index is 1.21. The van der Waals surface area contributed by atoms with Crippen molar-refractivity contribution in [2.45, 2.75) is 56.9 Å². The number of nitrogens with zero attached hydrogens (tertiary/aromatic N) is 3. The van der Waals surface area contributed by atoms with Crippen molar-refractivity contribution in [3.63, 3.8) is 0 Å². The Morgan fingerprint density at radius 3 is 2.62 bits per heavy atom. The Kier molecular flexibility index (Phi) is 5.19. The average Bonchev–Trinajstić information content (AvgIpc) is 3.54. The van der Waals surface area contributed by atoms with E-state index in [1.807, 2.05) is 0 Å². The van der Waals surface area contributed by atoms with Crippen molar-refractivity contribution >= 4 is 17.8 Å². The second kappa shape index (κ2) is 8.03. The minimum atomic E-state index is -0.700. The first kappa shape index (κ1) is 20.7. The molecule has 2 aromatic rings. The van der Waals surface area contributed by atoms with Crippen LogP contribution >= 0.6 is 0 Å². The lowest BCUT2D eigenvalue weighted by Crippen LogP contribution is -2.44. The molecule has 1 aromatic heterocycles. The van der Waals surface area contributed by atoms with Gasteiger partial charge in [0, 0.05) is 24.3 Å². The van der Waals surface area contributed by atoms with E-state index in [1.54, 1.807) is 16.8 Å². The summed E-state index contributed by atoms with van der Waals surface area (Å²) in [7, 11) is 0. The van der Waals surface area contributed by atoms with Crippen LogP contribution in [0.2, 0.25) is 0 Å². The molecule has 168 valence electrons. The Hall–Kier alpha value is -3.23. The summed E-state index contributed by atoms with van der Waals surface area (Å²) in [6.07, 6.45) is 6.32. The summed E-state index contributed by atoms with van der Waals surface area (Å²) in [6, 6.07) is 5.72. The Morgan fingerprint density at radius 2 is 1.88 bits per heavy atom. The molecule has 0 radical (unpaired) electrons. The molecule has 32 heavy (non-hydrogen) atoms. The number of halogens is 1. The zero-order valence-electron chi connectivity index (χ0n) is 17.8. The number of rotatable bonds is 6. The van der Waals surface area contributed by atoms with Gasteiger partial charge in [-0.2, -0.15) is 5.10 Å². The molecule has 0 unspecified atom stereocenters. The van der Waals surface area contributed by atoms with Gasteiger partial charge in [0.25, 0.3) is 11.8 Å². The highest BCUT2D eigenvalue weighted by Crippen LogP contribution is 2.35. The van der Waals surface area contributed by atoms with E-state index in [9.17, 15) is 18.8 Å². The molecule has 0 atom stereocenters. The average molecular weight is 439 g/mol. The maximum atomic E-state index is 13.3. The van der Waals surface area contributed by atoms with Gasteiger partial charge in [0.2, 0.25) is 0 Å².